The first-order chi connectivity index (χ1) is 12.9. The van der Waals surface area contributed by atoms with Crippen LogP contribution in [0.25, 0.3) is 10.8 Å². The lowest BCUT2D eigenvalue weighted by atomic mass is 10.1. The van der Waals surface area contributed by atoms with E-state index in [0.29, 0.717) is 18.0 Å². The van der Waals surface area contributed by atoms with Gasteiger partial charge in [-0.3, -0.25) is 9.52 Å². The molecule has 0 saturated carbocycles. The Labute approximate surface area is 158 Å². The van der Waals surface area contributed by atoms with Crippen molar-refractivity contribution in [3.05, 3.63) is 60.7 Å². The Kier molecular flexibility index (Phi) is 5.32. The highest BCUT2D eigenvalue weighted by atomic mass is 32.2. The van der Waals surface area contributed by atoms with Gasteiger partial charge < -0.3 is 10.1 Å². The van der Waals surface area contributed by atoms with Crippen LogP contribution >= 0.6 is 0 Å². The maximum atomic E-state index is 13.0. The van der Waals surface area contributed by atoms with Crippen LogP contribution < -0.4 is 14.8 Å². The molecule has 0 saturated heterocycles. The van der Waals surface area contributed by atoms with Crippen molar-refractivity contribution in [3.8, 4) is 5.75 Å². The third-order valence-corrected chi connectivity index (χ3v) is 5.26. The summed E-state index contributed by atoms with van der Waals surface area (Å²) in [5.41, 5.74) is 0.825. The summed E-state index contributed by atoms with van der Waals surface area (Å²) in [5, 5.41) is 4.53. The zero-order chi connectivity index (χ0) is 19.4. The van der Waals surface area contributed by atoms with Crippen molar-refractivity contribution in [2.45, 2.75) is 18.7 Å². The average Bonchev–Trinajstić information content (AvgIpc) is 2.62. The zero-order valence-corrected chi connectivity index (χ0v) is 15.8. The monoisotopic (exact) mass is 384 g/mol. The Morgan fingerprint density at radius 3 is 2.37 bits per heavy atom. The number of nitrogens with one attached hydrogen (secondary N) is 2. The second kappa shape index (κ2) is 7.67. The number of rotatable bonds is 6. The molecule has 0 aliphatic heterocycles. The van der Waals surface area contributed by atoms with E-state index < -0.39 is 10.0 Å². The fourth-order valence-corrected chi connectivity index (χ4v) is 3.96. The number of anilines is 2. The molecule has 3 aromatic carbocycles. The fourth-order valence-electron chi connectivity index (χ4n) is 2.74. The Balaban J connectivity index is 1.99. The van der Waals surface area contributed by atoms with Crippen LogP contribution in [0.4, 0.5) is 11.4 Å². The van der Waals surface area contributed by atoms with Crippen molar-refractivity contribution in [3.63, 3.8) is 0 Å². The molecule has 0 aliphatic carbocycles. The van der Waals surface area contributed by atoms with Crippen LogP contribution in [0.5, 0.6) is 5.75 Å². The van der Waals surface area contributed by atoms with E-state index in [2.05, 4.69) is 10.0 Å². The lowest BCUT2D eigenvalue weighted by Crippen LogP contribution is -2.15. The molecule has 3 rings (SSSR count). The minimum Gasteiger partial charge on any atom is -0.492 e. The Hall–Kier alpha value is -3.06. The van der Waals surface area contributed by atoms with Crippen LogP contribution in [0.3, 0.4) is 0 Å². The first-order valence-electron chi connectivity index (χ1n) is 8.45. The van der Waals surface area contributed by atoms with Gasteiger partial charge in [-0.05, 0) is 48.0 Å². The molecule has 0 aliphatic rings. The number of sulfonamides is 1. The topological polar surface area (TPSA) is 84.5 Å². The number of amides is 1. The Bertz CT molecular complexity index is 1090. The van der Waals surface area contributed by atoms with Crippen LogP contribution in [0.1, 0.15) is 13.8 Å². The van der Waals surface area contributed by atoms with Gasteiger partial charge in [0.15, 0.2) is 0 Å². The molecule has 0 bridgehead atoms. The Morgan fingerprint density at radius 1 is 0.963 bits per heavy atom. The summed E-state index contributed by atoms with van der Waals surface area (Å²) >= 11 is 0. The van der Waals surface area contributed by atoms with Gasteiger partial charge in [0.1, 0.15) is 10.6 Å². The summed E-state index contributed by atoms with van der Waals surface area (Å²) in [6.45, 7) is 3.45. The van der Waals surface area contributed by atoms with E-state index in [1.54, 1.807) is 25.1 Å². The summed E-state index contributed by atoms with van der Waals surface area (Å²) in [5.74, 6) is -0.0649. The number of fused-ring (bicyclic) bond motifs is 1. The molecule has 1 amide bonds. The predicted octanol–water partition coefficient (Wildman–Crippen LogP) is 4.00. The van der Waals surface area contributed by atoms with E-state index in [1.165, 1.54) is 19.1 Å². The molecule has 0 aromatic heterocycles. The number of carbonyl (C=O) groups excluding carboxylic acids is 1. The van der Waals surface area contributed by atoms with E-state index >= 15 is 0 Å². The Morgan fingerprint density at radius 2 is 1.67 bits per heavy atom. The molecule has 7 heteroatoms. The van der Waals surface area contributed by atoms with Crippen molar-refractivity contribution < 1.29 is 17.9 Å². The van der Waals surface area contributed by atoms with Crippen molar-refractivity contribution in [1.82, 2.24) is 0 Å². The van der Waals surface area contributed by atoms with Crippen LogP contribution in [-0.2, 0) is 14.8 Å². The number of ether oxygens (including phenoxy) is 1. The van der Waals surface area contributed by atoms with Gasteiger partial charge >= 0.3 is 0 Å². The maximum absolute atomic E-state index is 13.0. The molecule has 6 nitrogen and oxygen atoms in total. The lowest BCUT2D eigenvalue weighted by Gasteiger charge is -2.14. The number of carbonyl (C=O) groups is 1. The zero-order valence-electron chi connectivity index (χ0n) is 15.0. The van der Waals surface area contributed by atoms with Gasteiger partial charge in [0, 0.05) is 18.3 Å². The third kappa shape index (κ3) is 4.38. The standard InChI is InChI=1S/C20H20N2O4S/c1-3-26-19-11-10-17(21-14(2)23)13-20(19)27(24,25)22-18-9-8-15-6-4-5-7-16(15)12-18/h4-13,22H,3H2,1-2H3,(H,21,23). The summed E-state index contributed by atoms with van der Waals surface area (Å²) in [4.78, 5) is 11.3. The molecule has 2 N–H and O–H groups in total. The summed E-state index contributed by atoms with van der Waals surface area (Å²) in [6.07, 6.45) is 0. The smallest absolute Gasteiger partial charge is 0.265 e. The molecule has 0 unspecified atom stereocenters. The number of hydrogen-bond donors (Lipinski definition) is 2. The largest absolute Gasteiger partial charge is 0.492 e. The van der Waals surface area contributed by atoms with Crippen LogP contribution in [0, 0.1) is 0 Å². The van der Waals surface area contributed by atoms with Gasteiger partial charge in [0.25, 0.3) is 10.0 Å². The van der Waals surface area contributed by atoms with E-state index in [9.17, 15) is 13.2 Å². The van der Waals surface area contributed by atoms with Crippen LogP contribution in [0.2, 0.25) is 0 Å². The van der Waals surface area contributed by atoms with Gasteiger partial charge in [0.2, 0.25) is 5.91 Å². The molecule has 3 aromatic rings. The van der Waals surface area contributed by atoms with Crippen molar-refractivity contribution in [2.75, 3.05) is 16.6 Å². The SMILES string of the molecule is CCOc1ccc(NC(C)=O)cc1S(=O)(=O)Nc1ccc2ccccc2c1. The highest BCUT2D eigenvalue weighted by Gasteiger charge is 2.21. The molecule has 0 radical (unpaired) electrons. The van der Waals surface area contributed by atoms with Gasteiger partial charge in [-0.1, -0.05) is 30.3 Å². The maximum Gasteiger partial charge on any atom is 0.265 e. The second-order valence-electron chi connectivity index (χ2n) is 5.94. The van der Waals surface area contributed by atoms with Crippen molar-refractivity contribution in [2.24, 2.45) is 0 Å². The minimum absolute atomic E-state index is 0.0382. The first-order valence-corrected chi connectivity index (χ1v) is 9.93. The molecular weight excluding hydrogens is 364 g/mol. The first kappa shape index (κ1) is 18.7. The summed E-state index contributed by atoms with van der Waals surface area (Å²) < 4.78 is 34.0. The van der Waals surface area contributed by atoms with Crippen molar-refractivity contribution in [1.29, 1.82) is 0 Å². The summed E-state index contributed by atoms with van der Waals surface area (Å²) in [6, 6.07) is 17.5. The molecule has 0 fully saturated rings. The molecule has 140 valence electrons. The van der Waals surface area contributed by atoms with Gasteiger partial charge in [-0.25, -0.2) is 8.42 Å². The predicted molar refractivity (Wildman–Crippen MR) is 107 cm³/mol. The lowest BCUT2D eigenvalue weighted by molar-refractivity contribution is -0.114. The normalized spacial score (nSPS) is 11.2. The molecule has 0 heterocycles. The molecular formula is C20H20N2O4S. The minimum atomic E-state index is -3.92. The van der Waals surface area contributed by atoms with Crippen molar-refractivity contribution >= 4 is 38.1 Å². The molecule has 27 heavy (non-hydrogen) atoms. The second-order valence-corrected chi connectivity index (χ2v) is 7.59. The van der Waals surface area contributed by atoms with Gasteiger partial charge in [0.05, 0.1) is 6.61 Å². The highest BCUT2D eigenvalue weighted by molar-refractivity contribution is 7.92. The number of benzene rings is 3. The van der Waals surface area contributed by atoms with Crippen LogP contribution in [0.15, 0.2) is 65.6 Å². The molecule has 0 atom stereocenters. The van der Waals surface area contributed by atoms with Crippen LogP contribution in [-0.4, -0.2) is 20.9 Å². The average molecular weight is 384 g/mol. The highest BCUT2D eigenvalue weighted by Crippen LogP contribution is 2.30. The third-order valence-electron chi connectivity index (χ3n) is 3.86. The van der Waals surface area contributed by atoms with E-state index in [-0.39, 0.29) is 16.6 Å². The van der Waals surface area contributed by atoms with E-state index in [0.717, 1.165) is 10.8 Å². The van der Waals surface area contributed by atoms with E-state index in [4.69, 9.17) is 4.74 Å². The van der Waals surface area contributed by atoms with Gasteiger partial charge in [-0.2, -0.15) is 0 Å². The number of hydrogen-bond acceptors (Lipinski definition) is 4. The molecule has 0 spiro atoms. The van der Waals surface area contributed by atoms with Gasteiger partial charge in [-0.15, -0.1) is 0 Å². The van der Waals surface area contributed by atoms with E-state index in [1.807, 2.05) is 30.3 Å². The quantitative estimate of drug-likeness (QED) is 0.673. The fraction of sp³-hybridized carbons (Fsp3) is 0.150. The summed E-state index contributed by atoms with van der Waals surface area (Å²) in [7, 11) is -3.92.